The zero-order valence-electron chi connectivity index (χ0n) is 15.9. The van der Waals surface area contributed by atoms with E-state index in [0.717, 1.165) is 22.6 Å². The Morgan fingerprint density at radius 2 is 1.96 bits per heavy atom. The third-order valence-electron chi connectivity index (χ3n) is 4.35. The van der Waals surface area contributed by atoms with E-state index < -0.39 is 0 Å². The van der Waals surface area contributed by atoms with Crippen molar-refractivity contribution in [2.75, 3.05) is 13.2 Å². The number of aromatic nitrogens is 2. The zero-order chi connectivity index (χ0) is 19.2. The molecule has 0 saturated heterocycles. The van der Waals surface area contributed by atoms with Crippen molar-refractivity contribution in [1.82, 2.24) is 14.9 Å². The van der Waals surface area contributed by atoms with Crippen LogP contribution >= 0.6 is 0 Å². The molecule has 1 aromatic heterocycles. The number of ether oxygens (including phenoxy) is 1. The molecule has 0 bridgehead atoms. The van der Waals surface area contributed by atoms with Crippen LogP contribution in [0.5, 0.6) is 5.75 Å². The molecule has 0 atom stereocenters. The summed E-state index contributed by atoms with van der Waals surface area (Å²) in [6.07, 6.45) is 1.93. The molecule has 1 N–H and O–H groups in total. The molecule has 140 valence electrons. The maximum absolute atomic E-state index is 11.4. The first kappa shape index (κ1) is 18.7. The predicted molar refractivity (Wildman–Crippen MR) is 108 cm³/mol. The molecule has 0 fully saturated rings. The normalized spacial score (nSPS) is 10.7. The molecule has 5 heteroatoms. The molecular weight excluding hydrogens is 338 g/mol. The summed E-state index contributed by atoms with van der Waals surface area (Å²) in [5.74, 6) is 1.65. The first-order valence-corrected chi connectivity index (χ1v) is 9.12. The van der Waals surface area contributed by atoms with Gasteiger partial charge in [0.15, 0.2) is 0 Å². The molecule has 0 aliphatic carbocycles. The lowest BCUT2D eigenvalue weighted by Gasteiger charge is -2.12. The number of carbonyl (C=O) groups is 1. The maximum atomic E-state index is 11.4. The van der Waals surface area contributed by atoms with Crippen molar-refractivity contribution in [1.29, 1.82) is 0 Å². The molecule has 0 radical (unpaired) electrons. The zero-order valence-corrected chi connectivity index (χ0v) is 15.9. The van der Waals surface area contributed by atoms with Gasteiger partial charge in [-0.3, -0.25) is 4.79 Å². The van der Waals surface area contributed by atoms with Crippen molar-refractivity contribution in [3.05, 3.63) is 72.1 Å². The lowest BCUT2D eigenvalue weighted by atomic mass is 10.1. The van der Waals surface area contributed by atoms with E-state index in [2.05, 4.69) is 42.4 Å². The molecule has 1 amide bonds. The first-order valence-electron chi connectivity index (χ1n) is 9.12. The summed E-state index contributed by atoms with van der Waals surface area (Å²) in [6, 6.07) is 14.3. The molecule has 27 heavy (non-hydrogen) atoms. The lowest BCUT2D eigenvalue weighted by Crippen LogP contribution is -2.24. The van der Waals surface area contributed by atoms with Gasteiger partial charge >= 0.3 is 0 Å². The topological polar surface area (TPSA) is 56.2 Å². The van der Waals surface area contributed by atoms with Crippen LogP contribution in [-0.2, 0) is 17.8 Å². The Balaban J connectivity index is 1.72. The Morgan fingerprint density at radius 3 is 2.70 bits per heavy atom. The van der Waals surface area contributed by atoms with Crippen molar-refractivity contribution in [3.63, 3.8) is 0 Å². The highest BCUT2D eigenvalue weighted by atomic mass is 16.5. The minimum absolute atomic E-state index is 0.171. The van der Waals surface area contributed by atoms with Crippen molar-refractivity contribution in [2.45, 2.75) is 26.8 Å². The van der Waals surface area contributed by atoms with Gasteiger partial charge in [0.2, 0.25) is 5.91 Å². The average molecular weight is 363 g/mol. The third kappa shape index (κ3) is 4.76. The Bertz CT molecular complexity index is 939. The van der Waals surface area contributed by atoms with E-state index in [1.54, 1.807) is 0 Å². The summed E-state index contributed by atoms with van der Waals surface area (Å²) in [6.45, 7) is 9.37. The van der Waals surface area contributed by atoms with E-state index in [4.69, 9.17) is 9.72 Å². The summed E-state index contributed by atoms with van der Waals surface area (Å²) in [7, 11) is 0. The molecule has 2 aromatic carbocycles. The van der Waals surface area contributed by atoms with E-state index in [-0.39, 0.29) is 5.91 Å². The largest absolute Gasteiger partial charge is 0.492 e. The average Bonchev–Trinajstić information content (AvgIpc) is 2.98. The van der Waals surface area contributed by atoms with Crippen LogP contribution in [0, 0.1) is 13.8 Å². The van der Waals surface area contributed by atoms with E-state index in [9.17, 15) is 4.79 Å². The van der Waals surface area contributed by atoms with Gasteiger partial charge < -0.3 is 14.6 Å². The number of fused-ring (bicyclic) bond motifs is 1. The van der Waals surface area contributed by atoms with Crippen LogP contribution in [-0.4, -0.2) is 28.6 Å². The number of imidazole rings is 1. The van der Waals surface area contributed by atoms with Gasteiger partial charge in [-0.05, 0) is 55.3 Å². The maximum Gasteiger partial charge on any atom is 0.243 e. The van der Waals surface area contributed by atoms with Gasteiger partial charge in [-0.15, -0.1) is 0 Å². The van der Waals surface area contributed by atoms with Gasteiger partial charge in [-0.1, -0.05) is 24.8 Å². The molecule has 0 spiro atoms. The number of para-hydroxylation sites is 2. The molecule has 0 unspecified atom stereocenters. The van der Waals surface area contributed by atoms with Crippen LogP contribution < -0.4 is 10.1 Å². The van der Waals surface area contributed by atoms with Gasteiger partial charge in [0.25, 0.3) is 0 Å². The second-order valence-electron chi connectivity index (χ2n) is 6.59. The van der Waals surface area contributed by atoms with Crippen LogP contribution in [0.3, 0.4) is 0 Å². The minimum Gasteiger partial charge on any atom is -0.492 e. The van der Waals surface area contributed by atoms with Crippen LogP contribution in [0.15, 0.2) is 55.1 Å². The van der Waals surface area contributed by atoms with Crippen molar-refractivity contribution >= 4 is 16.9 Å². The SMILES string of the molecule is C=CC(=O)NCCc1nc2ccccc2n1CCOc1cc(C)cc(C)c1. The van der Waals surface area contributed by atoms with Gasteiger partial charge in [0.05, 0.1) is 17.6 Å². The predicted octanol–water partition coefficient (Wildman–Crippen LogP) is 3.58. The van der Waals surface area contributed by atoms with Gasteiger partial charge in [0.1, 0.15) is 18.2 Å². The molecule has 0 aliphatic heterocycles. The Hall–Kier alpha value is -3.08. The quantitative estimate of drug-likeness (QED) is 0.623. The summed E-state index contributed by atoms with van der Waals surface area (Å²) in [5, 5.41) is 2.81. The van der Waals surface area contributed by atoms with E-state index in [1.165, 1.54) is 17.2 Å². The molecule has 3 rings (SSSR count). The molecular formula is C22H25N3O2. The van der Waals surface area contributed by atoms with Crippen LogP contribution in [0.1, 0.15) is 17.0 Å². The fraction of sp³-hybridized carbons (Fsp3) is 0.273. The van der Waals surface area contributed by atoms with Gasteiger partial charge in [0, 0.05) is 13.0 Å². The number of hydrogen-bond donors (Lipinski definition) is 1. The van der Waals surface area contributed by atoms with Crippen LogP contribution in [0.25, 0.3) is 11.0 Å². The molecule has 5 nitrogen and oxygen atoms in total. The highest BCUT2D eigenvalue weighted by molar-refractivity contribution is 5.86. The summed E-state index contributed by atoms with van der Waals surface area (Å²) >= 11 is 0. The Kier molecular flexibility index (Phi) is 5.91. The van der Waals surface area contributed by atoms with Crippen LogP contribution in [0.2, 0.25) is 0 Å². The number of benzene rings is 2. The highest BCUT2D eigenvalue weighted by Crippen LogP contribution is 2.18. The Labute approximate surface area is 159 Å². The van der Waals surface area contributed by atoms with E-state index in [1.807, 2.05) is 30.3 Å². The number of hydrogen-bond acceptors (Lipinski definition) is 3. The van der Waals surface area contributed by atoms with Crippen molar-refractivity contribution in [3.8, 4) is 5.75 Å². The number of nitrogens with one attached hydrogen (secondary N) is 1. The molecule has 0 saturated carbocycles. The van der Waals surface area contributed by atoms with Gasteiger partial charge in [-0.2, -0.15) is 0 Å². The fourth-order valence-corrected chi connectivity index (χ4v) is 3.21. The third-order valence-corrected chi connectivity index (χ3v) is 4.35. The van der Waals surface area contributed by atoms with E-state index in [0.29, 0.717) is 26.1 Å². The summed E-state index contributed by atoms with van der Waals surface area (Å²) in [4.78, 5) is 16.1. The fourth-order valence-electron chi connectivity index (χ4n) is 3.21. The smallest absolute Gasteiger partial charge is 0.243 e. The molecule has 1 heterocycles. The molecule has 3 aromatic rings. The Morgan fingerprint density at radius 1 is 1.22 bits per heavy atom. The number of nitrogens with zero attached hydrogens (tertiary/aromatic N) is 2. The second kappa shape index (κ2) is 8.54. The first-order chi connectivity index (χ1) is 13.1. The number of rotatable bonds is 8. The summed E-state index contributed by atoms with van der Waals surface area (Å²) < 4.78 is 8.14. The second-order valence-corrected chi connectivity index (χ2v) is 6.59. The minimum atomic E-state index is -0.171. The molecule has 0 aliphatic rings. The lowest BCUT2D eigenvalue weighted by molar-refractivity contribution is -0.116. The van der Waals surface area contributed by atoms with Crippen LogP contribution in [0.4, 0.5) is 0 Å². The summed E-state index contributed by atoms with van der Waals surface area (Å²) in [5.41, 5.74) is 4.41. The standard InChI is InChI=1S/C22H25N3O2/c1-4-22(26)23-10-9-21-24-19-7-5-6-8-20(19)25(21)11-12-27-18-14-16(2)13-17(3)15-18/h4-8,13-15H,1,9-12H2,2-3H3,(H,23,26). The number of carbonyl (C=O) groups excluding carboxylic acids is 1. The monoisotopic (exact) mass is 363 g/mol. The number of amides is 1. The van der Waals surface area contributed by atoms with Gasteiger partial charge in [-0.25, -0.2) is 4.98 Å². The number of aryl methyl sites for hydroxylation is 2. The van der Waals surface area contributed by atoms with Crippen molar-refractivity contribution < 1.29 is 9.53 Å². The highest BCUT2D eigenvalue weighted by Gasteiger charge is 2.10. The van der Waals surface area contributed by atoms with Crippen molar-refractivity contribution in [2.24, 2.45) is 0 Å². The van der Waals surface area contributed by atoms with E-state index >= 15 is 0 Å².